The number of anilines is 2. The first-order chi connectivity index (χ1) is 15.5. The number of hydrogen-bond acceptors (Lipinski definition) is 6. The number of ether oxygens (including phenoxy) is 3. The van der Waals surface area contributed by atoms with Crippen LogP contribution in [0.3, 0.4) is 0 Å². The molecule has 0 aliphatic carbocycles. The van der Waals surface area contributed by atoms with E-state index in [0.717, 1.165) is 17.7 Å². The normalized spacial score (nSPS) is 13.3. The topological polar surface area (TPSA) is 94.2 Å². The van der Waals surface area contributed by atoms with E-state index in [2.05, 4.69) is 5.32 Å². The number of carbonyl (C=O) groups excluding carboxylic acids is 3. The molecule has 0 atom stereocenters. The molecule has 168 valence electrons. The quantitative estimate of drug-likeness (QED) is 0.603. The third-order valence-electron chi connectivity index (χ3n) is 4.77. The average molecular weight is 438 g/mol. The van der Waals surface area contributed by atoms with E-state index in [1.54, 1.807) is 35.2 Å². The first-order valence-electron chi connectivity index (χ1n) is 10.3. The molecule has 1 N–H and O–H groups in total. The molecular formula is C24H26N2O6. The van der Waals surface area contributed by atoms with Gasteiger partial charge in [0, 0.05) is 24.3 Å². The molecule has 1 aliphatic rings. The van der Waals surface area contributed by atoms with E-state index >= 15 is 0 Å². The van der Waals surface area contributed by atoms with E-state index in [0.29, 0.717) is 30.2 Å². The number of nitrogens with one attached hydrogen (secondary N) is 1. The lowest BCUT2D eigenvalue weighted by molar-refractivity contribution is -0.149. The van der Waals surface area contributed by atoms with Crippen molar-refractivity contribution in [2.24, 2.45) is 0 Å². The number of carbonyl (C=O) groups is 3. The highest BCUT2D eigenvalue weighted by molar-refractivity contribution is 5.97. The number of methoxy groups -OCH3 is 1. The molecule has 0 saturated carbocycles. The summed E-state index contributed by atoms with van der Waals surface area (Å²) in [6, 6.07) is 12.3. The molecule has 8 heteroatoms. The summed E-state index contributed by atoms with van der Waals surface area (Å²) >= 11 is 0. The lowest BCUT2D eigenvalue weighted by Gasteiger charge is -2.16. The highest BCUT2D eigenvalue weighted by Crippen LogP contribution is 2.28. The summed E-state index contributed by atoms with van der Waals surface area (Å²) in [6.45, 7) is 1.76. The number of allylic oxidation sites excluding steroid dienone is 1. The predicted octanol–water partition coefficient (Wildman–Crippen LogP) is 3.42. The molecule has 8 nitrogen and oxygen atoms in total. The SMILES string of the molecule is C/C=C/c1ccc(OCC(=O)OCC(=O)Nc2cccc(N3CCCC3=O)c2)c(OC)c1. The summed E-state index contributed by atoms with van der Waals surface area (Å²) in [5.74, 6) is -0.221. The fourth-order valence-corrected chi connectivity index (χ4v) is 3.29. The van der Waals surface area contributed by atoms with Crippen LogP contribution < -0.4 is 19.7 Å². The lowest BCUT2D eigenvalue weighted by Crippen LogP contribution is -2.25. The Morgan fingerprint density at radius 2 is 1.97 bits per heavy atom. The second kappa shape index (κ2) is 11.0. The molecule has 1 saturated heterocycles. The summed E-state index contributed by atoms with van der Waals surface area (Å²) in [6.07, 6.45) is 5.16. The lowest BCUT2D eigenvalue weighted by atomic mass is 10.2. The maximum atomic E-state index is 12.2. The molecule has 0 aromatic heterocycles. The predicted molar refractivity (Wildman–Crippen MR) is 121 cm³/mol. The number of nitrogens with zero attached hydrogens (tertiary/aromatic N) is 1. The van der Waals surface area contributed by atoms with Crippen molar-refractivity contribution < 1.29 is 28.6 Å². The second-order valence-electron chi connectivity index (χ2n) is 7.11. The van der Waals surface area contributed by atoms with Crippen LogP contribution in [0.4, 0.5) is 11.4 Å². The maximum Gasteiger partial charge on any atom is 0.344 e. The van der Waals surface area contributed by atoms with Gasteiger partial charge in [-0.3, -0.25) is 9.59 Å². The van der Waals surface area contributed by atoms with Crippen LogP contribution in [0.25, 0.3) is 6.08 Å². The number of rotatable bonds is 9. The molecule has 0 radical (unpaired) electrons. The van der Waals surface area contributed by atoms with E-state index in [-0.39, 0.29) is 12.5 Å². The van der Waals surface area contributed by atoms with Crippen molar-refractivity contribution >= 4 is 35.2 Å². The molecule has 2 aromatic carbocycles. The first kappa shape index (κ1) is 22.9. The van der Waals surface area contributed by atoms with Gasteiger partial charge in [-0.25, -0.2) is 4.79 Å². The molecular weight excluding hydrogens is 412 g/mol. The number of amides is 2. The Morgan fingerprint density at radius 3 is 2.69 bits per heavy atom. The van der Waals surface area contributed by atoms with Crippen molar-refractivity contribution in [2.75, 3.05) is 37.1 Å². The zero-order valence-corrected chi connectivity index (χ0v) is 18.1. The summed E-state index contributed by atoms with van der Waals surface area (Å²) in [7, 11) is 1.51. The van der Waals surface area contributed by atoms with Crippen LogP contribution in [0, 0.1) is 0 Å². The van der Waals surface area contributed by atoms with Gasteiger partial charge < -0.3 is 24.4 Å². The fraction of sp³-hybridized carbons (Fsp3) is 0.292. The summed E-state index contributed by atoms with van der Waals surface area (Å²) in [4.78, 5) is 37.7. The minimum atomic E-state index is -0.684. The molecule has 0 spiro atoms. The van der Waals surface area contributed by atoms with Crippen LogP contribution in [0.2, 0.25) is 0 Å². The maximum absolute atomic E-state index is 12.2. The molecule has 1 heterocycles. The molecule has 1 aliphatic heterocycles. The van der Waals surface area contributed by atoms with Crippen molar-refractivity contribution in [1.29, 1.82) is 0 Å². The monoisotopic (exact) mass is 438 g/mol. The minimum absolute atomic E-state index is 0.0653. The van der Waals surface area contributed by atoms with Gasteiger partial charge in [-0.2, -0.15) is 0 Å². The Morgan fingerprint density at radius 1 is 1.12 bits per heavy atom. The van der Waals surface area contributed by atoms with Crippen LogP contribution >= 0.6 is 0 Å². The smallest absolute Gasteiger partial charge is 0.344 e. The molecule has 2 amide bonds. The fourth-order valence-electron chi connectivity index (χ4n) is 3.29. The first-order valence-corrected chi connectivity index (χ1v) is 10.3. The van der Waals surface area contributed by atoms with Crippen molar-refractivity contribution in [1.82, 2.24) is 0 Å². The zero-order valence-electron chi connectivity index (χ0n) is 18.1. The van der Waals surface area contributed by atoms with Crippen LogP contribution in [-0.2, 0) is 19.1 Å². The molecule has 32 heavy (non-hydrogen) atoms. The molecule has 0 bridgehead atoms. The largest absolute Gasteiger partial charge is 0.493 e. The summed E-state index contributed by atoms with van der Waals surface area (Å²) in [5.41, 5.74) is 2.18. The molecule has 0 unspecified atom stereocenters. The van der Waals surface area contributed by atoms with Crippen LogP contribution in [0.1, 0.15) is 25.3 Å². The van der Waals surface area contributed by atoms with Crippen molar-refractivity contribution in [3.05, 3.63) is 54.1 Å². The standard InChI is InChI=1S/C24H26N2O6/c1-3-6-17-10-11-20(21(13-17)30-2)31-16-24(29)32-15-22(27)25-18-7-4-8-19(14-18)26-12-5-9-23(26)28/h3-4,6-8,10-11,13-14H,5,9,12,15-16H2,1-2H3,(H,25,27)/b6-3+. The Labute approximate surface area is 186 Å². The van der Waals surface area contributed by atoms with Gasteiger partial charge in [-0.15, -0.1) is 0 Å². The second-order valence-corrected chi connectivity index (χ2v) is 7.11. The van der Waals surface area contributed by atoms with Gasteiger partial charge in [0.25, 0.3) is 5.91 Å². The minimum Gasteiger partial charge on any atom is -0.493 e. The van der Waals surface area contributed by atoms with Crippen LogP contribution in [0.5, 0.6) is 11.5 Å². The van der Waals surface area contributed by atoms with Gasteiger partial charge in [0.1, 0.15) is 0 Å². The van der Waals surface area contributed by atoms with Gasteiger partial charge >= 0.3 is 5.97 Å². The van der Waals surface area contributed by atoms with Gasteiger partial charge in [0.15, 0.2) is 24.7 Å². The van der Waals surface area contributed by atoms with Crippen LogP contribution in [0.15, 0.2) is 48.5 Å². The third kappa shape index (κ3) is 6.10. The summed E-state index contributed by atoms with van der Waals surface area (Å²) in [5, 5.41) is 2.66. The molecule has 3 rings (SSSR count). The summed E-state index contributed by atoms with van der Waals surface area (Å²) < 4.78 is 15.7. The van der Waals surface area contributed by atoms with E-state index in [1.165, 1.54) is 7.11 Å². The Balaban J connectivity index is 1.47. The number of benzene rings is 2. The Kier molecular flexibility index (Phi) is 7.85. The number of hydrogen-bond donors (Lipinski definition) is 1. The van der Waals surface area contributed by atoms with Gasteiger partial charge in [-0.1, -0.05) is 24.3 Å². The third-order valence-corrected chi connectivity index (χ3v) is 4.77. The Hall–Kier alpha value is -3.81. The van der Waals surface area contributed by atoms with Gasteiger partial charge in [0.2, 0.25) is 5.91 Å². The zero-order chi connectivity index (χ0) is 22.9. The average Bonchev–Trinajstić information content (AvgIpc) is 3.23. The van der Waals surface area contributed by atoms with E-state index in [9.17, 15) is 14.4 Å². The van der Waals surface area contributed by atoms with Crippen molar-refractivity contribution in [2.45, 2.75) is 19.8 Å². The number of esters is 1. The van der Waals surface area contributed by atoms with Crippen molar-refractivity contribution in [3.8, 4) is 11.5 Å². The van der Waals surface area contributed by atoms with Gasteiger partial charge in [0.05, 0.1) is 7.11 Å². The van der Waals surface area contributed by atoms with Crippen LogP contribution in [-0.4, -0.2) is 44.7 Å². The molecule has 1 fully saturated rings. The highest BCUT2D eigenvalue weighted by Gasteiger charge is 2.21. The highest BCUT2D eigenvalue weighted by atomic mass is 16.6. The molecule has 2 aromatic rings. The van der Waals surface area contributed by atoms with Crippen molar-refractivity contribution in [3.63, 3.8) is 0 Å². The van der Waals surface area contributed by atoms with E-state index < -0.39 is 18.5 Å². The van der Waals surface area contributed by atoms with Gasteiger partial charge in [-0.05, 0) is 49.2 Å². The van der Waals surface area contributed by atoms with E-state index in [4.69, 9.17) is 14.2 Å². The van der Waals surface area contributed by atoms with E-state index in [1.807, 2.05) is 31.2 Å². The Bertz CT molecular complexity index is 1020.